The fourth-order valence-electron chi connectivity index (χ4n) is 2.41. The SMILES string of the molecule is CN(C(=O)O)c1cc(Oc2ccc(O)cc2C(C)(C)C)ccc1[N+](=O)[O-]. The zero-order valence-electron chi connectivity index (χ0n) is 14.9. The van der Waals surface area contributed by atoms with Crippen molar-refractivity contribution in [2.24, 2.45) is 0 Å². The van der Waals surface area contributed by atoms with Gasteiger partial charge >= 0.3 is 6.09 Å². The first-order chi connectivity index (χ1) is 12.0. The van der Waals surface area contributed by atoms with Crippen LogP contribution in [0.1, 0.15) is 26.3 Å². The van der Waals surface area contributed by atoms with E-state index in [2.05, 4.69) is 0 Å². The van der Waals surface area contributed by atoms with Gasteiger partial charge in [0, 0.05) is 24.7 Å². The van der Waals surface area contributed by atoms with Gasteiger partial charge in [0.15, 0.2) is 0 Å². The molecule has 8 heteroatoms. The van der Waals surface area contributed by atoms with Gasteiger partial charge in [-0.1, -0.05) is 20.8 Å². The van der Waals surface area contributed by atoms with Crippen LogP contribution < -0.4 is 9.64 Å². The van der Waals surface area contributed by atoms with Crippen molar-refractivity contribution >= 4 is 17.5 Å². The first-order valence-corrected chi connectivity index (χ1v) is 7.77. The summed E-state index contributed by atoms with van der Waals surface area (Å²) >= 11 is 0. The second-order valence-electron chi connectivity index (χ2n) is 6.78. The number of hydrogen-bond donors (Lipinski definition) is 2. The molecule has 1 amide bonds. The highest BCUT2D eigenvalue weighted by molar-refractivity contribution is 5.89. The van der Waals surface area contributed by atoms with Crippen LogP contribution in [0.4, 0.5) is 16.2 Å². The van der Waals surface area contributed by atoms with Crippen molar-refractivity contribution in [3.05, 3.63) is 52.1 Å². The number of rotatable bonds is 4. The van der Waals surface area contributed by atoms with Crippen molar-refractivity contribution in [3.63, 3.8) is 0 Å². The molecule has 0 radical (unpaired) electrons. The van der Waals surface area contributed by atoms with Crippen LogP contribution in [0, 0.1) is 10.1 Å². The Morgan fingerprint density at radius 2 is 1.85 bits per heavy atom. The lowest BCUT2D eigenvalue weighted by Gasteiger charge is -2.23. The van der Waals surface area contributed by atoms with Gasteiger partial charge in [0.05, 0.1) is 4.92 Å². The van der Waals surface area contributed by atoms with E-state index in [9.17, 15) is 20.0 Å². The molecule has 0 saturated heterocycles. The Morgan fingerprint density at radius 3 is 2.38 bits per heavy atom. The summed E-state index contributed by atoms with van der Waals surface area (Å²) in [6, 6.07) is 8.55. The minimum Gasteiger partial charge on any atom is -0.508 e. The summed E-state index contributed by atoms with van der Waals surface area (Å²) in [6.45, 7) is 5.86. The molecular formula is C18H20N2O6. The maximum Gasteiger partial charge on any atom is 0.411 e. The second kappa shape index (κ2) is 6.91. The number of phenolic OH excluding ortho intramolecular Hbond substituents is 1. The van der Waals surface area contributed by atoms with Gasteiger partial charge in [-0.15, -0.1) is 0 Å². The number of nitro benzene ring substituents is 1. The van der Waals surface area contributed by atoms with E-state index in [4.69, 9.17) is 9.84 Å². The minimum absolute atomic E-state index is 0.0947. The van der Waals surface area contributed by atoms with Gasteiger partial charge in [0.1, 0.15) is 22.9 Å². The van der Waals surface area contributed by atoms with E-state index in [1.165, 1.54) is 31.3 Å². The molecule has 0 aliphatic carbocycles. The van der Waals surface area contributed by atoms with Crippen LogP contribution in [0.15, 0.2) is 36.4 Å². The molecule has 0 spiro atoms. The van der Waals surface area contributed by atoms with Crippen molar-refractivity contribution in [2.45, 2.75) is 26.2 Å². The topological polar surface area (TPSA) is 113 Å². The zero-order valence-corrected chi connectivity index (χ0v) is 14.9. The first-order valence-electron chi connectivity index (χ1n) is 7.77. The van der Waals surface area contributed by atoms with Crippen molar-refractivity contribution in [3.8, 4) is 17.2 Å². The maximum absolute atomic E-state index is 11.2. The zero-order chi connectivity index (χ0) is 19.6. The number of benzene rings is 2. The average Bonchev–Trinajstić information content (AvgIpc) is 2.54. The van der Waals surface area contributed by atoms with Crippen LogP contribution in [-0.4, -0.2) is 28.3 Å². The van der Waals surface area contributed by atoms with E-state index < -0.39 is 11.0 Å². The molecule has 26 heavy (non-hydrogen) atoms. The third-order valence-electron chi connectivity index (χ3n) is 3.79. The number of anilines is 1. The third-order valence-corrected chi connectivity index (χ3v) is 3.79. The van der Waals surface area contributed by atoms with Crippen LogP contribution in [0.3, 0.4) is 0 Å². The number of aromatic hydroxyl groups is 1. The first kappa shape index (κ1) is 19.0. The van der Waals surface area contributed by atoms with Gasteiger partial charge in [0.25, 0.3) is 5.69 Å². The Bertz CT molecular complexity index is 857. The predicted octanol–water partition coefficient (Wildman–Crippen LogP) is 4.50. The number of carbonyl (C=O) groups is 1. The smallest absolute Gasteiger partial charge is 0.411 e. The van der Waals surface area contributed by atoms with Crippen molar-refractivity contribution in [1.29, 1.82) is 0 Å². The number of nitro groups is 1. The molecule has 0 heterocycles. The molecular weight excluding hydrogens is 340 g/mol. The molecule has 0 aliphatic heterocycles. The lowest BCUT2D eigenvalue weighted by Crippen LogP contribution is -2.24. The Balaban J connectivity index is 2.50. The third kappa shape index (κ3) is 4.02. The molecule has 0 fully saturated rings. The maximum atomic E-state index is 11.2. The summed E-state index contributed by atoms with van der Waals surface area (Å²) < 4.78 is 5.84. The van der Waals surface area contributed by atoms with E-state index in [-0.39, 0.29) is 28.3 Å². The molecule has 138 valence electrons. The molecule has 2 aromatic carbocycles. The Kier molecular flexibility index (Phi) is 5.06. The number of hydrogen-bond acceptors (Lipinski definition) is 5. The Morgan fingerprint density at radius 1 is 1.19 bits per heavy atom. The number of nitrogens with zero attached hydrogens (tertiary/aromatic N) is 2. The molecule has 0 aromatic heterocycles. The quantitative estimate of drug-likeness (QED) is 0.613. The van der Waals surface area contributed by atoms with Crippen LogP contribution in [0.5, 0.6) is 17.2 Å². The van der Waals surface area contributed by atoms with Crippen LogP contribution in [0.25, 0.3) is 0 Å². The van der Waals surface area contributed by atoms with Crippen molar-refractivity contribution < 1.29 is 24.7 Å². The summed E-state index contributed by atoms with van der Waals surface area (Å²) in [5.74, 6) is 0.806. The lowest BCUT2D eigenvalue weighted by molar-refractivity contribution is -0.384. The summed E-state index contributed by atoms with van der Waals surface area (Å²) in [5.41, 5.74) is -0.0284. The van der Waals surface area contributed by atoms with Crippen molar-refractivity contribution in [2.75, 3.05) is 11.9 Å². The molecule has 0 unspecified atom stereocenters. The molecule has 0 saturated carbocycles. The van der Waals surface area contributed by atoms with E-state index in [0.29, 0.717) is 5.75 Å². The van der Waals surface area contributed by atoms with Gasteiger partial charge in [0.2, 0.25) is 0 Å². The number of phenols is 1. The molecule has 0 aliphatic rings. The van der Waals surface area contributed by atoms with Crippen LogP contribution in [-0.2, 0) is 5.41 Å². The molecule has 8 nitrogen and oxygen atoms in total. The highest BCUT2D eigenvalue weighted by Crippen LogP contribution is 2.38. The highest BCUT2D eigenvalue weighted by atomic mass is 16.6. The van der Waals surface area contributed by atoms with Gasteiger partial charge < -0.3 is 14.9 Å². The Labute approximate surface area is 150 Å². The fraction of sp³-hybridized carbons (Fsp3) is 0.278. The van der Waals surface area contributed by atoms with Gasteiger partial charge in [-0.25, -0.2) is 4.79 Å². The highest BCUT2D eigenvalue weighted by Gasteiger charge is 2.24. The van der Waals surface area contributed by atoms with Crippen molar-refractivity contribution in [1.82, 2.24) is 0 Å². The summed E-state index contributed by atoms with van der Waals surface area (Å²) in [4.78, 5) is 22.5. The monoisotopic (exact) mass is 360 g/mol. The van der Waals surface area contributed by atoms with Gasteiger partial charge in [-0.05, 0) is 29.7 Å². The van der Waals surface area contributed by atoms with Gasteiger partial charge in [-0.2, -0.15) is 0 Å². The summed E-state index contributed by atoms with van der Waals surface area (Å²) in [5, 5.41) is 30.0. The van der Waals surface area contributed by atoms with E-state index in [1.54, 1.807) is 12.1 Å². The predicted molar refractivity (Wildman–Crippen MR) is 96.4 cm³/mol. The van der Waals surface area contributed by atoms with E-state index >= 15 is 0 Å². The molecule has 2 aromatic rings. The van der Waals surface area contributed by atoms with Crippen LogP contribution >= 0.6 is 0 Å². The minimum atomic E-state index is -1.33. The number of ether oxygens (including phenoxy) is 1. The molecule has 2 N–H and O–H groups in total. The fourth-order valence-corrected chi connectivity index (χ4v) is 2.41. The van der Waals surface area contributed by atoms with Gasteiger partial charge in [-0.3, -0.25) is 15.0 Å². The second-order valence-corrected chi connectivity index (χ2v) is 6.78. The average molecular weight is 360 g/mol. The van der Waals surface area contributed by atoms with E-state index in [1.807, 2.05) is 20.8 Å². The summed E-state index contributed by atoms with van der Waals surface area (Å²) in [6.07, 6.45) is -1.33. The molecule has 0 atom stereocenters. The van der Waals surface area contributed by atoms with E-state index in [0.717, 1.165) is 10.5 Å². The normalized spacial score (nSPS) is 11.1. The largest absolute Gasteiger partial charge is 0.508 e. The molecule has 0 bridgehead atoms. The lowest BCUT2D eigenvalue weighted by atomic mass is 9.86. The van der Waals surface area contributed by atoms with Crippen LogP contribution in [0.2, 0.25) is 0 Å². The number of carboxylic acid groups (broad SMARTS) is 1. The Hall–Kier alpha value is -3.29. The summed E-state index contributed by atoms with van der Waals surface area (Å²) in [7, 11) is 1.22. The number of amides is 1. The molecule has 2 rings (SSSR count). The standard InChI is InChI=1S/C18H20N2O6/c1-18(2,3)13-9-11(21)5-8-16(13)26-12-6-7-14(20(24)25)15(10-12)19(4)17(22)23/h5-10,21H,1-4H3,(H,22,23).